The molecule has 1 atom stereocenters. The van der Waals surface area contributed by atoms with Gasteiger partial charge < -0.3 is 11.1 Å². The SMILES string of the molecule is C=CCN1CCC(CNC(=O)c2cccc(-c3ccc4[nH]nc(N)c4c3)c2)C1. The van der Waals surface area contributed by atoms with Crippen molar-refractivity contribution >= 4 is 22.6 Å². The quantitative estimate of drug-likeness (QED) is 0.578. The van der Waals surface area contributed by atoms with Crippen LogP contribution in [0.5, 0.6) is 0 Å². The maximum atomic E-state index is 12.6. The Morgan fingerprint density at radius 1 is 1.32 bits per heavy atom. The maximum Gasteiger partial charge on any atom is 0.251 e. The Labute approximate surface area is 164 Å². The Balaban J connectivity index is 1.44. The minimum Gasteiger partial charge on any atom is -0.382 e. The van der Waals surface area contributed by atoms with Gasteiger partial charge in [-0.3, -0.25) is 14.8 Å². The summed E-state index contributed by atoms with van der Waals surface area (Å²) in [5.41, 5.74) is 9.47. The van der Waals surface area contributed by atoms with Crippen molar-refractivity contribution in [1.29, 1.82) is 0 Å². The van der Waals surface area contributed by atoms with Crippen LogP contribution in [-0.2, 0) is 0 Å². The number of benzene rings is 2. The van der Waals surface area contributed by atoms with E-state index in [1.54, 1.807) is 0 Å². The molecular formula is C22H25N5O. The lowest BCUT2D eigenvalue weighted by Crippen LogP contribution is -2.31. The molecule has 1 aliphatic rings. The smallest absolute Gasteiger partial charge is 0.251 e. The molecule has 4 N–H and O–H groups in total. The molecule has 1 amide bonds. The number of aromatic amines is 1. The molecule has 1 saturated heterocycles. The number of amides is 1. The van der Waals surface area contributed by atoms with Gasteiger partial charge >= 0.3 is 0 Å². The molecule has 0 bridgehead atoms. The van der Waals surface area contributed by atoms with E-state index in [0.29, 0.717) is 23.8 Å². The van der Waals surface area contributed by atoms with E-state index in [2.05, 4.69) is 27.0 Å². The number of anilines is 1. The first-order valence-corrected chi connectivity index (χ1v) is 9.59. The van der Waals surface area contributed by atoms with Gasteiger partial charge in [-0.1, -0.05) is 24.3 Å². The van der Waals surface area contributed by atoms with Gasteiger partial charge in [0, 0.05) is 30.6 Å². The number of carbonyl (C=O) groups is 1. The zero-order chi connectivity index (χ0) is 19.5. The van der Waals surface area contributed by atoms with E-state index in [1.165, 1.54) is 0 Å². The van der Waals surface area contributed by atoms with Gasteiger partial charge in [-0.05, 0) is 54.3 Å². The normalized spacial score (nSPS) is 17.1. The number of fused-ring (bicyclic) bond motifs is 1. The summed E-state index contributed by atoms with van der Waals surface area (Å²) in [5.74, 6) is 0.944. The minimum absolute atomic E-state index is 0.0343. The Kier molecular flexibility index (Phi) is 5.12. The van der Waals surface area contributed by atoms with E-state index in [9.17, 15) is 4.79 Å². The van der Waals surface area contributed by atoms with Crippen LogP contribution in [0.25, 0.3) is 22.0 Å². The standard InChI is InChI=1S/C22H25N5O/c1-2-9-27-10-8-15(14-27)13-24-22(28)18-5-3-4-16(11-18)17-6-7-20-19(12-17)21(23)26-25-20/h2-7,11-12,15H,1,8-10,13-14H2,(H,24,28)(H3,23,25,26). The number of nitrogens with zero attached hydrogens (tertiary/aromatic N) is 2. The predicted molar refractivity (Wildman–Crippen MR) is 113 cm³/mol. The first-order chi connectivity index (χ1) is 13.6. The molecule has 1 aromatic heterocycles. The van der Waals surface area contributed by atoms with E-state index in [4.69, 9.17) is 5.73 Å². The van der Waals surface area contributed by atoms with Crippen molar-refractivity contribution in [3.8, 4) is 11.1 Å². The molecule has 6 heteroatoms. The molecule has 1 fully saturated rings. The van der Waals surface area contributed by atoms with Crippen molar-refractivity contribution in [2.45, 2.75) is 6.42 Å². The van der Waals surface area contributed by atoms with Gasteiger partial charge in [-0.2, -0.15) is 5.10 Å². The fourth-order valence-corrected chi connectivity index (χ4v) is 3.82. The van der Waals surface area contributed by atoms with E-state index in [1.807, 2.05) is 48.5 Å². The summed E-state index contributed by atoms with van der Waals surface area (Å²) in [4.78, 5) is 15.0. The molecule has 1 unspecified atom stereocenters. The van der Waals surface area contributed by atoms with Crippen molar-refractivity contribution in [3.63, 3.8) is 0 Å². The lowest BCUT2D eigenvalue weighted by atomic mass is 10.0. The molecule has 6 nitrogen and oxygen atoms in total. The third-order valence-electron chi connectivity index (χ3n) is 5.36. The highest BCUT2D eigenvalue weighted by Gasteiger charge is 2.22. The number of aromatic nitrogens is 2. The van der Waals surface area contributed by atoms with Crippen LogP contribution in [0.15, 0.2) is 55.1 Å². The van der Waals surface area contributed by atoms with Gasteiger partial charge in [0.05, 0.1) is 5.52 Å². The number of likely N-dealkylation sites (tertiary alicyclic amines) is 1. The molecule has 2 aromatic carbocycles. The number of nitrogens with one attached hydrogen (secondary N) is 2. The van der Waals surface area contributed by atoms with Crippen molar-refractivity contribution in [2.75, 3.05) is 31.9 Å². The number of nitrogen functional groups attached to an aromatic ring is 1. The molecule has 4 rings (SSSR count). The summed E-state index contributed by atoms with van der Waals surface area (Å²) in [6, 6.07) is 13.6. The number of H-pyrrole nitrogens is 1. The summed E-state index contributed by atoms with van der Waals surface area (Å²) < 4.78 is 0. The van der Waals surface area contributed by atoms with Crippen molar-refractivity contribution in [1.82, 2.24) is 20.4 Å². The largest absolute Gasteiger partial charge is 0.382 e. The van der Waals surface area contributed by atoms with Gasteiger partial charge in [-0.25, -0.2) is 0 Å². The Bertz CT molecular complexity index is 1010. The minimum atomic E-state index is -0.0343. The third kappa shape index (κ3) is 3.77. The topological polar surface area (TPSA) is 87.0 Å². The average molecular weight is 375 g/mol. The molecule has 0 radical (unpaired) electrons. The lowest BCUT2D eigenvalue weighted by Gasteiger charge is -2.14. The van der Waals surface area contributed by atoms with Crippen LogP contribution < -0.4 is 11.1 Å². The Morgan fingerprint density at radius 3 is 3.04 bits per heavy atom. The van der Waals surface area contributed by atoms with Crippen LogP contribution in [0.2, 0.25) is 0 Å². The zero-order valence-electron chi connectivity index (χ0n) is 15.8. The summed E-state index contributed by atoms with van der Waals surface area (Å²) in [6.45, 7) is 7.49. The van der Waals surface area contributed by atoms with Gasteiger partial charge in [0.15, 0.2) is 5.82 Å². The second-order valence-electron chi connectivity index (χ2n) is 7.36. The van der Waals surface area contributed by atoms with Crippen LogP contribution in [0, 0.1) is 5.92 Å². The van der Waals surface area contributed by atoms with Crippen LogP contribution in [-0.4, -0.2) is 47.2 Å². The first kappa shape index (κ1) is 18.3. The number of carbonyl (C=O) groups excluding carboxylic acids is 1. The summed E-state index contributed by atoms with van der Waals surface area (Å²) >= 11 is 0. The molecule has 28 heavy (non-hydrogen) atoms. The highest BCUT2D eigenvalue weighted by Crippen LogP contribution is 2.27. The number of hydrogen-bond acceptors (Lipinski definition) is 4. The Morgan fingerprint density at radius 2 is 2.18 bits per heavy atom. The molecule has 1 aliphatic heterocycles. The monoisotopic (exact) mass is 375 g/mol. The molecule has 3 aromatic rings. The van der Waals surface area contributed by atoms with E-state index < -0.39 is 0 Å². The van der Waals surface area contributed by atoms with Crippen LogP contribution in [0.4, 0.5) is 5.82 Å². The van der Waals surface area contributed by atoms with Gasteiger partial charge in [0.2, 0.25) is 0 Å². The summed E-state index contributed by atoms with van der Waals surface area (Å²) in [6.07, 6.45) is 3.04. The fraction of sp³-hybridized carbons (Fsp3) is 0.273. The fourth-order valence-electron chi connectivity index (χ4n) is 3.82. The highest BCUT2D eigenvalue weighted by molar-refractivity contribution is 5.96. The molecule has 0 saturated carbocycles. The number of rotatable bonds is 6. The first-order valence-electron chi connectivity index (χ1n) is 9.59. The third-order valence-corrected chi connectivity index (χ3v) is 5.36. The average Bonchev–Trinajstić information content (AvgIpc) is 3.33. The number of hydrogen-bond donors (Lipinski definition) is 3. The second kappa shape index (κ2) is 7.86. The van der Waals surface area contributed by atoms with E-state index >= 15 is 0 Å². The molecule has 0 aliphatic carbocycles. The molecule has 2 heterocycles. The number of nitrogens with two attached hydrogens (primary N) is 1. The van der Waals surface area contributed by atoms with E-state index in [0.717, 1.165) is 48.1 Å². The second-order valence-corrected chi connectivity index (χ2v) is 7.36. The Hall–Kier alpha value is -3.12. The maximum absolute atomic E-state index is 12.6. The molecule has 0 spiro atoms. The van der Waals surface area contributed by atoms with Crippen LogP contribution in [0.3, 0.4) is 0 Å². The van der Waals surface area contributed by atoms with Crippen LogP contribution in [0.1, 0.15) is 16.8 Å². The van der Waals surface area contributed by atoms with Gasteiger partial charge in [0.1, 0.15) is 0 Å². The summed E-state index contributed by atoms with van der Waals surface area (Å²) in [5, 5.41) is 10.9. The zero-order valence-corrected chi connectivity index (χ0v) is 15.8. The highest BCUT2D eigenvalue weighted by atomic mass is 16.1. The van der Waals surface area contributed by atoms with Crippen molar-refractivity contribution < 1.29 is 4.79 Å². The predicted octanol–water partition coefficient (Wildman–Crippen LogP) is 3.05. The molecule has 144 valence electrons. The van der Waals surface area contributed by atoms with Gasteiger partial charge in [-0.15, -0.1) is 6.58 Å². The van der Waals surface area contributed by atoms with Crippen LogP contribution >= 0.6 is 0 Å². The summed E-state index contributed by atoms with van der Waals surface area (Å²) in [7, 11) is 0. The van der Waals surface area contributed by atoms with E-state index in [-0.39, 0.29) is 5.91 Å². The lowest BCUT2D eigenvalue weighted by molar-refractivity contribution is 0.0947. The molecular weight excluding hydrogens is 350 g/mol. The van der Waals surface area contributed by atoms with Crippen molar-refractivity contribution in [2.24, 2.45) is 5.92 Å². The van der Waals surface area contributed by atoms with Gasteiger partial charge in [0.25, 0.3) is 5.91 Å². The van der Waals surface area contributed by atoms with Crippen molar-refractivity contribution in [3.05, 3.63) is 60.7 Å².